The van der Waals surface area contributed by atoms with Gasteiger partial charge in [0.2, 0.25) is 0 Å². The van der Waals surface area contributed by atoms with Crippen molar-refractivity contribution in [3.8, 4) is 0 Å². The average molecular weight is 333 g/mol. The molecule has 1 aromatic carbocycles. The molecule has 1 N–H and O–H groups in total. The first kappa shape index (κ1) is 18.3. The number of hydrogen-bond donors (Lipinski definition) is 1. The first-order valence-electron chi connectivity index (χ1n) is 8.38. The first-order chi connectivity index (χ1) is 11.1. The summed E-state index contributed by atoms with van der Waals surface area (Å²) in [5.41, 5.74) is 0.582. The van der Waals surface area contributed by atoms with Crippen molar-refractivity contribution in [2.75, 3.05) is 13.1 Å². The molecule has 0 unspecified atom stereocenters. The zero-order valence-corrected chi connectivity index (χ0v) is 15.0. The van der Waals surface area contributed by atoms with Crippen molar-refractivity contribution in [3.05, 3.63) is 35.4 Å². The van der Waals surface area contributed by atoms with E-state index < -0.39 is 23.1 Å². The second-order valence-electron chi connectivity index (χ2n) is 7.75. The third kappa shape index (κ3) is 4.49. The number of ether oxygens (including phenoxy) is 1. The lowest BCUT2D eigenvalue weighted by atomic mass is 9.75. The van der Waals surface area contributed by atoms with Crippen LogP contribution in [-0.2, 0) is 16.0 Å². The van der Waals surface area contributed by atoms with Crippen LogP contribution in [0.5, 0.6) is 0 Å². The largest absolute Gasteiger partial charge is 0.481 e. The summed E-state index contributed by atoms with van der Waals surface area (Å²) in [4.78, 5) is 25.9. The summed E-state index contributed by atoms with van der Waals surface area (Å²) in [5, 5.41) is 9.86. The van der Waals surface area contributed by atoms with E-state index in [9.17, 15) is 14.7 Å². The number of carboxylic acids is 1. The van der Waals surface area contributed by atoms with Crippen molar-refractivity contribution < 1.29 is 19.4 Å². The van der Waals surface area contributed by atoms with Gasteiger partial charge in [-0.3, -0.25) is 4.79 Å². The molecule has 1 fully saturated rings. The molecule has 132 valence electrons. The van der Waals surface area contributed by atoms with E-state index in [0.717, 1.165) is 11.1 Å². The molecule has 5 nitrogen and oxygen atoms in total. The molecule has 1 aromatic rings. The highest BCUT2D eigenvalue weighted by Gasteiger charge is 2.44. The number of hydrogen-bond acceptors (Lipinski definition) is 3. The Labute approximate surface area is 143 Å². The van der Waals surface area contributed by atoms with Crippen LogP contribution in [0.3, 0.4) is 0 Å². The second-order valence-corrected chi connectivity index (χ2v) is 7.75. The standard InChI is InChI=1S/C19H27NO4/c1-14-6-8-15(9-7-14)12-19(16(21)22)10-5-11-20(13-19)17(23)24-18(2,3)4/h6-9H,5,10-13H2,1-4H3,(H,21,22)/t19-/m1/s1. The number of likely N-dealkylation sites (tertiary alicyclic amines) is 1. The van der Waals surface area contributed by atoms with Crippen LogP contribution in [-0.4, -0.2) is 40.8 Å². The van der Waals surface area contributed by atoms with Crippen LogP contribution < -0.4 is 0 Å². The zero-order chi connectivity index (χ0) is 18.0. The number of aryl methyl sites for hydroxylation is 1. The maximum Gasteiger partial charge on any atom is 0.410 e. The summed E-state index contributed by atoms with van der Waals surface area (Å²) >= 11 is 0. The molecule has 0 aliphatic carbocycles. The van der Waals surface area contributed by atoms with Crippen molar-refractivity contribution >= 4 is 12.1 Å². The number of benzene rings is 1. The van der Waals surface area contributed by atoms with Gasteiger partial charge in [0.25, 0.3) is 0 Å². The Morgan fingerprint density at radius 1 is 1.25 bits per heavy atom. The molecular formula is C19H27NO4. The average Bonchev–Trinajstić information content (AvgIpc) is 2.48. The van der Waals surface area contributed by atoms with E-state index in [2.05, 4.69) is 0 Å². The van der Waals surface area contributed by atoms with Crippen molar-refractivity contribution in [2.24, 2.45) is 5.41 Å². The molecule has 0 spiro atoms. The highest BCUT2D eigenvalue weighted by Crippen LogP contribution is 2.35. The van der Waals surface area contributed by atoms with E-state index in [4.69, 9.17) is 4.74 Å². The Balaban J connectivity index is 2.18. The number of amides is 1. The monoisotopic (exact) mass is 333 g/mol. The minimum atomic E-state index is -0.954. The Morgan fingerprint density at radius 2 is 1.88 bits per heavy atom. The lowest BCUT2D eigenvalue weighted by Gasteiger charge is -2.40. The first-order valence-corrected chi connectivity index (χ1v) is 8.38. The highest BCUT2D eigenvalue weighted by molar-refractivity contribution is 5.77. The number of carbonyl (C=O) groups excluding carboxylic acids is 1. The lowest BCUT2D eigenvalue weighted by Crippen LogP contribution is -2.52. The number of carboxylic acid groups (broad SMARTS) is 1. The minimum Gasteiger partial charge on any atom is -0.481 e. The van der Waals surface area contributed by atoms with Gasteiger partial charge in [-0.25, -0.2) is 4.79 Å². The molecule has 24 heavy (non-hydrogen) atoms. The van der Waals surface area contributed by atoms with Gasteiger partial charge in [-0.15, -0.1) is 0 Å². The van der Waals surface area contributed by atoms with E-state index in [1.807, 2.05) is 52.0 Å². The maximum absolute atomic E-state index is 12.3. The molecule has 2 rings (SSSR count). The summed E-state index contributed by atoms with van der Waals surface area (Å²) in [5.74, 6) is -0.851. The Bertz CT molecular complexity index is 603. The topological polar surface area (TPSA) is 66.8 Å². The number of aliphatic carboxylic acids is 1. The van der Waals surface area contributed by atoms with E-state index in [-0.39, 0.29) is 6.54 Å². The maximum atomic E-state index is 12.3. The van der Waals surface area contributed by atoms with Gasteiger partial charge in [-0.2, -0.15) is 0 Å². The molecule has 1 aliphatic rings. The van der Waals surface area contributed by atoms with Gasteiger partial charge in [0.05, 0.1) is 5.41 Å². The minimum absolute atomic E-state index is 0.186. The predicted octanol–water partition coefficient (Wildman–Crippen LogP) is 3.64. The molecule has 0 aromatic heterocycles. The highest BCUT2D eigenvalue weighted by atomic mass is 16.6. The third-order valence-corrected chi connectivity index (χ3v) is 4.35. The summed E-state index contributed by atoms with van der Waals surface area (Å²) < 4.78 is 5.41. The van der Waals surface area contributed by atoms with Crippen LogP contribution in [0.2, 0.25) is 0 Å². The van der Waals surface area contributed by atoms with Crippen LogP contribution in [0.1, 0.15) is 44.7 Å². The fourth-order valence-corrected chi connectivity index (χ4v) is 3.11. The predicted molar refractivity (Wildman–Crippen MR) is 92.0 cm³/mol. The molecule has 0 radical (unpaired) electrons. The molecule has 5 heteroatoms. The number of carbonyl (C=O) groups is 2. The zero-order valence-electron chi connectivity index (χ0n) is 15.0. The normalized spacial score (nSPS) is 21.4. The van der Waals surface area contributed by atoms with Crippen molar-refractivity contribution in [2.45, 2.75) is 52.6 Å². The molecule has 1 saturated heterocycles. The molecule has 1 amide bonds. The quantitative estimate of drug-likeness (QED) is 0.917. The Morgan fingerprint density at radius 3 is 2.42 bits per heavy atom. The lowest BCUT2D eigenvalue weighted by molar-refractivity contribution is -0.152. The summed E-state index contributed by atoms with van der Waals surface area (Å²) in [7, 11) is 0. The van der Waals surface area contributed by atoms with Crippen molar-refractivity contribution in [3.63, 3.8) is 0 Å². The fourth-order valence-electron chi connectivity index (χ4n) is 3.11. The molecular weight excluding hydrogens is 306 g/mol. The van der Waals surface area contributed by atoms with E-state index in [1.54, 1.807) is 0 Å². The van der Waals surface area contributed by atoms with Gasteiger partial charge in [-0.05, 0) is 52.5 Å². The Hall–Kier alpha value is -2.04. The van der Waals surface area contributed by atoms with Crippen LogP contribution >= 0.6 is 0 Å². The molecule has 0 bridgehead atoms. The van der Waals surface area contributed by atoms with E-state index in [0.29, 0.717) is 25.8 Å². The van der Waals surface area contributed by atoms with E-state index >= 15 is 0 Å². The van der Waals surface area contributed by atoms with Crippen molar-refractivity contribution in [1.29, 1.82) is 0 Å². The van der Waals surface area contributed by atoms with Crippen molar-refractivity contribution in [1.82, 2.24) is 4.90 Å². The Kier molecular flexibility index (Phi) is 5.21. The number of rotatable bonds is 3. The van der Waals surface area contributed by atoms with Crippen LogP contribution in [0, 0.1) is 12.3 Å². The number of nitrogens with zero attached hydrogens (tertiary/aromatic N) is 1. The molecule has 1 aliphatic heterocycles. The smallest absolute Gasteiger partial charge is 0.410 e. The van der Waals surface area contributed by atoms with Crippen LogP contribution in [0.15, 0.2) is 24.3 Å². The van der Waals surface area contributed by atoms with E-state index in [1.165, 1.54) is 4.90 Å². The molecule has 1 atom stereocenters. The van der Waals surface area contributed by atoms with Crippen LogP contribution in [0.4, 0.5) is 4.79 Å². The van der Waals surface area contributed by atoms with Gasteiger partial charge >= 0.3 is 12.1 Å². The fraction of sp³-hybridized carbons (Fsp3) is 0.579. The summed E-state index contributed by atoms with van der Waals surface area (Å²) in [6.07, 6.45) is 1.21. The third-order valence-electron chi connectivity index (χ3n) is 4.35. The molecule has 0 saturated carbocycles. The summed E-state index contributed by atoms with van der Waals surface area (Å²) in [6, 6.07) is 7.90. The molecule has 1 heterocycles. The second kappa shape index (κ2) is 6.83. The van der Waals surface area contributed by atoms with Crippen LogP contribution in [0.25, 0.3) is 0 Å². The van der Waals surface area contributed by atoms with Gasteiger partial charge in [0, 0.05) is 13.1 Å². The van der Waals surface area contributed by atoms with Gasteiger partial charge < -0.3 is 14.7 Å². The summed E-state index contributed by atoms with van der Waals surface area (Å²) in [6.45, 7) is 8.16. The van der Waals surface area contributed by atoms with Gasteiger partial charge in [-0.1, -0.05) is 29.8 Å². The van der Waals surface area contributed by atoms with Gasteiger partial charge in [0.1, 0.15) is 5.60 Å². The SMILES string of the molecule is Cc1ccc(C[C@]2(C(=O)O)CCCN(C(=O)OC(C)(C)C)C2)cc1. The number of piperidine rings is 1. The van der Waals surface area contributed by atoms with Gasteiger partial charge in [0.15, 0.2) is 0 Å².